The second kappa shape index (κ2) is 8.22. The molecular weight excluding hydrogens is 344 g/mol. The molecular formula is C19H26N6O2. The van der Waals surface area contributed by atoms with Crippen molar-refractivity contribution in [2.45, 2.75) is 25.4 Å². The Morgan fingerprint density at radius 3 is 2.85 bits per heavy atom. The molecule has 1 aliphatic rings. The molecule has 2 unspecified atom stereocenters. The highest BCUT2D eigenvalue weighted by molar-refractivity contribution is 5.79. The molecule has 0 radical (unpaired) electrons. The molecule has 8 nitrogen and oxygen atoms in total. The molecule has 0 saturated carbocycles. The van der Waals surface area contributed by atoms with Crippen LogP contribution in [0.2, 0.25) is 0 Å². The van der Waals surface area contributed by atoms with Crippen LogP contribution in [-0.4, -0.2) is 46.0 Å². The number of hydrogen-bond acceptors (Lipinski definition) is 4. The van der Waals surface area contributed by atoms with Crippen LogP contribution in [0.4, 0.5) is 4.79 Å². The molecule has 2 heterocycles. The number of carbonyl (C=O) groups is 2. The van der Waals surface area contributed by atoms with Gasteiger partial charge in [-0.3, -0.25) is 4.79 Å². The van der Waals surface area contributed by atoms with E-state index in [4.69, 9.17) is 5.73 Å². The van der Waals surface area contributed by atoms with E-state index in [0.29, 0.717) is 13.1 Å². The second-order valence-electron chi connectivity index (χ2n) is 6.83. The maximum absolute atomic E-state index is 13.2. The van der Waals surface area contributed by atoms with Crippen molar-refractivity contribution in [3.8, 4) is 0 Å². The quantitative estimate of drug-likeness (QED) is 0.730. The number of amides is 3. The van der Waals surface area contributed by atoms with Crippen molar-refractivity contribution in [1.82, 2.24) is 25.1 Å². The number of aromatic nitrogens is 2. The third-order valence-corrected chi connectivity index (χ3v) is 4.98. The fourth-order valence-electron chi connectivity index (χ4n) is 3.61. The Morgan fingerprint density at radius 2 is 2.19 bits per heavy atom. The molecule has 1 aromatic heterocycles. The summed E-state index contributed by atoms with van der Waals surface area (Å²) in [5.74, 6) is 0.803. The number of primary amides is 1. The number of hydrogen-bond donors (Lipinski definition) is 3. The molecule has 4 N–H and O–H groups in total. The molecule has 3 amide bonds. The molecule has 3 rings (SSSR count). The molecule has 1 aliphatic heterocycles. The fourth-order valence-corrected chi connectivity index (χ4v) is 3.61. The van der Waals surface area contributed by atoms with E-state index in [0.717, 1.165) is 23.5 Å². The van der Waals surface area contributed by atoms with E-state index in [9.17, 15) is 9.59 Å². The first-order valence-corrected chi connectivity index (χ1v) is 9.06. The zero-order valence-corrected chi connectivity index (χ0v) is 15.7. The Labute approximate surface area is 158 Å². The first-order chi connectivity index (χ1) is 13.0. The lowest BCUT2D eigenvalue weighted by molar-refractivity contribution is -0.135. The Balaban J connectivity index is 1.82. The van der Waals surface area contributed by atoms with Gasteiger partial charge in [-0.25, -0.2) is 9.78 Å². The van der Waals surface area contributed by atoms with Gasteiger partial charge >= 0.3 is 6.03 Å². The van der Waals surface area contributed by atoms with Crippen LogP contribution in [0.3, 0.4) is 0 Å². The molecule has 8 heteroatoms. The number of urea groups is 1. The standard InChI is InChI=1S/C19H26N6O2/c1-13-5-3-4-6-14(13)15(23-19(20)27)11-17(26)25-10-7-21-12-16(25)18-22-8-9-24(18)2/h3-6,8-9,15-16,21H,7,10-12H2,1-2H3,(H3,20,23,27). The average molecular weight is 370 g/mol. The van der Waals surface area contributed by atoms with E-state index in [1.165, 1.54) is 0 Å². The van der Waals surface area contributed by atoms with Crippen molar-refractivity contribution in [1.29, 1.82) is 0 Å². The van der Waals surface area contributed by atoms with E-state index in [2.05, 4.69) is 15.6 Å². The lowest BCUT2D eigenvalue weighted by Crippen LogP contribution is -2.50. The largest absolute Gasteiger partial charge is 0.352 e. The van der Waals surface area contributed by atoms with Crippen LogP contribution in [0.1, 0.15) is 35.5 Å². The van der Waals surface area contributed by atoms with Gasteiger partial charge in [0.15, 0.2) is 0 Å². The Bertz CT molecular complexity index is 818. The number of nitrogens with one attached hydrogen (secondary N) is 2. The number of nitrogens with two attached hydrogens (primary N) is 1. The highest BCUT2D eigenvalue weighted by Gasteiger charge is 2.32. The predicted octanol–water partition coefficient (Wildman–Crippen LogP) is 1.00. The summed E-state index contributed by atoms with van der Waals surface area (Å²) in [7, 11) is 1.92. The summed E-state index contributed by atoms with van der Waals surface area (Å²) < 4.78 is 1.93. The molecule has 0 bridgehead atoms. The minimum atomic E-state index is -0.642. The maximum Gasteiger partial charge on any atom is 0.312 e. The number of piperazine rings is 1. The minimum absolute atomic E-state index is 0.0356. The number of imidazole rings is 1. The SMILES string of the molecule is Cc1ccccc1C(CC(=O)N1CCNCC1c1nccn1C)NC(N)=O. The summed E-state index contributed by atoms with van der Waals surface area (Å²) in [5, 5.41) is 6.05. The van der Waals surface area contributed by atoms with Crippen molar-refractivity contribution in [2.75, 3.05) is 19.6 Å². The van der Waals surface area contributed by atoms with Crippen LogP contribution < -0.4 is 16.4 Å². The van der Waals surface area contributed by atoms with Gasteiger partial charge in [-0.05, 0) is 18.1 Å². The normalized spacial score (nSPS) is 18.1. The van der Waals surface area contributed by atoms with E-state index >= 15 is 0 Å². The molecule has 2 atom stereocenters. The molecule has 1 aromatic carbocycles. The van der Waals surface area contributed by atoms with Crippen LogP contribution in [0.15, 0.2) is 36.7 Å². The van der Waals surface area contributed by atoms with Gasteiger partial charge in [-0.1, -0.05) is 24.3 Å². The van der Waals surface area contributed by atoms with Gasteiger partial charge in [0, 0.05) is 39.1 Å². The Morgan fingerprint density at radius 1 is 1.41 bits per heavy atom. The topological polar surface area (TPSA) is 105 Å². The third-order valence-electron chi connectivity index (χ3n) is 4.98. The van der Waals surface area contributed by atoms with Gasteiger partial charge in [-0.2, -0.15) is 0 Å². The molecule has 1 saturated heterocycles. The summed E-state index contributed by atoms with van der Waals surface area (Å²) >= 11 is 0. The van der Waals surface area contributed by atoms with Crippen LogP contribution in [-0.2, 0) is 11.8 Å². The van der Waals surface area contributed by atoms with Crippen LogP contribution in [0.25, 0.3) is 0 Å². The van der Waals surface area contributed by atoms with Gasteiger partial charge in [0.1, 0.15) is 11.9 Å². The zero-order valence-electron chi connectivity index (χ0n) is 15.7. The number of nitrogens with zero attached hydrogens (tertiary/aromatic N) is 3. The van der Waals surface area contributed by atoms with Gasteiger partial charge in [0.2, 0.25) is 5.91 Å². The van der Waals surface area contributed by atoms with Crippen molar-refractivity contribution < 1.29 is 9.59 Å². The van der Waals surface area contributed by atoms with Crippen LogP contribution >= 0.6 is 0 Å². The van der Waals surface area contributed by atoms with E-state index < -0.39 is 12.1 Å². The van der Waals surface area contributed by atoms with Gasteiger partial charge < -0.3 is 25.8 Å². The number of rotatable bonds is 5. The molecule has 0 spiro atoms. The van der Waals surface area contributed by atoms with Gasteiger partial charge in [-0.15, -0.1) is 0 Å². The van der Waals surface area contributed by atoms with Gasteiger partial charge in [0.05, 0.1) is 12.5 Å². The Hall–Kier alpha value is -2.87. The average Bonchev–Trinajstić information content (AvgIpc) is 3.07. The summed E-state index contributed by atoms with van der Waals surface area (Å²) in [6.45, 7) is 3.92. The summed E-state index contributed by atoms with van der Waals surface area (Å²) in [6.07, 6.45) is 3.75. The highest BCUT2D eigenvalue weighted by atomic mass is 16.2. The lowest BCUT2D eigenvalue weighted by Gasteiger charge is -2.36. The lowest BCUT2D eigenvalue weighted by atomic mass is 9.97. The second-order valence-corrected chi connectivity index (χ2v) is 6.83. The minimum Gasteiger partial charge on any atom is -0.352 e. The summed E-state index contributed by atoms with van der Waals surface area (Å²) in [6, 6.07) is 6.44. The first-order valence-electron chi connectivity index (χ1n) is 9.06. The first kappa shape index (κ1) is 18.9. The fraction of sp³-hybridized carbons (Fsp3) is 0.421. The molecule has 0 aliphatic carbocycles. The molecule has 144 valence electrons. The number of aryl methyl sites for hydroxylation is 2. The van der Waals surface area contributed by atoms with Crippen molar-refractivity contribution in [3.05, 3.63) is 53.6 Å². The summed E-state index contributed by atoms with van der Waals surface area (Å²) in [5.41, 5.74) is 7.26. The smallest absolute Gasteiger partial charge is 0.312 e. The number of carbonyl (C=O) groups excluding carboxylic acids is 2. The predicted molar refractivity (Wildman–Crippen MR) is 102 cm³/mol. The van der Waals surface area contributed by atoms with Gasteiger partial charge in [0.25, 0.3) is 0 Å². The van der Waals surface area contributed by atoms with Crippen LogP contribution in [0, 0.1) is 6.92 Å². The van der Waals surface area contributed by atoms with Crippen molar-refractivity contribution in [2.24, 2.45) is 12.8 Å². The molecule has 1 fully saturated rings. The monoisotopic (exact) mass is 370 g/mol. The third kappa shape index (κ3) is 4.28. The number of benzene rings is 1. The van der Waals surface area contributed by atoms with Crippen molar-refractivity contribution >= 4 is 11.9 Å². The maximum atomic E-state index is 13.2. The molecule has 27 heavy (non-hydrogen) atoms. The summed E-state index contributed by atoms with van der Waals surface area (Å²) in [4.78, 5) is 30.9. The van der Waals surface area contributed by atoms with Crippen LogP contribution in [0.5, 0.6) is 0 Å². The zero-order chi connectivity index (χ0) is 19.4. The Kier molecular flexibility index (Phi) is 5.75. The van der Waals surface area contributed by atoms with E-state index in [-0.39, 0.29) is 18.4 Å². The molecule has 2 aromatic rings. The van der Waals surface area contributed by atoms with E-state index in [1.807, 2.05) is 53.9 Å². The van der Waals surface area contributed by atoms with E-state index in [1.54, 1.807) is 6.20 Å². The highest BCUT2D eigenvalue weighted by Crippen LogP contribution is 2.26. The van der Waals surface area contributed by atoms with Crippen molar-refractivity contribution in [3.63, 3.8) is 0 Å².